The van der Waals surface area contributed by atoms with Crippen molar-refractivity contribution in [3.63, 3.8) is 0 Å². The number of thioether (sulfide) groups is 1. The Hall–Kier alpha value is -2.27. The van der Waals surface area contributed by atoms with Gasteiger partial charge in [0.05, 0.1) is 23.1 Å². The van der Waals surface area contributed by atoms with Crippen molar-refractivity contribution in [1.82, 2.24) is 14.3 Å². The van der Waals surface area contributed by atoms with E-state index in [0.717, 1.165) is 5.56 Å². The molecule has 8 nitrogen and oxygen atoms in total. The molecule has 10 heteroatoms. The van der Waals surface area contributed by atoms with Gasteiger partial charge in [0.15, 0.2) is 0 Å². The van der Waals surface area contributed by atoms with Crippen LogP contribution in [-0.4, -0.2) is 62.5 Å². The number of aliphatic hydroxyl groups excluding tert-OH is 1. The summed E-state index contributed by atoms with van der Waals surface area (Å²) >= 11 is 6.53. The predicted molar refractivity (Wildman–Crippen MR) is 127 cm³/mol. The van der Waals surface area contributed by atoms with Crippen molar-refractivity contribution >= 4 is 51.7 Å². The molecule has 3 heterocycles. The van der Waals surface area contributed by atoms with Crippen molar-refractivity contribution < 1.29 is 14.6 Å². The van der Waals surface area contributed by atoms with Crippen LogP contribution < -0.4 is 10.9 Å². The summed E-state index contributed by atoms with van der Waals surface area (Å²) in [5.41, 5.74) is 1.32. The molecular formula is C21H26N4O4S2. The highest BCUT2D eigenvalue weighted by atomic mass is 32.2. The molecule has 166 valence electrons. The third-order valence-electron chi connectivity index (χ3n) is 5.02. The number of carbonyl (C=O) groups excluding carboxylic acids is 1. The molecule has 0 unspecified atom stereocenters. The molecule has 31 heavy (non-hydrogen) atoms. The van der Waals surface area contributed by atoms with Gasteiger partial charge in [-0.2, -0.15) is 0 Å². The van der Waals surface area contributed by atoms with E-state index in [4.69, 9.17) is 17.0 Å². The van der Waals surface area contributed by atoms with Crippen molar-refractivity contribution in [2.75, 3.05) is 32.2 Å². The van der Waals surface area contributed by atoms with Crippen LogP contribution in [0.1, 0.15) is 30.9 Å². The number of hydrogen-bond donors (Lipinski definition) is 2. The van der Waals surface area contributed by atoms with E-state index in [1.54, 1.807) is 25.4 Å². The molecule has 2 aromatic heterocycles. The normalized spacial score (nSPS) is 16.5. The van der Waals surface area contributed by atoms with Crippen LogP contribution in [0.2, 0.25) is 0 Å². The zero-order chi connectivity index (χ0) is 22.5. The van der Waals surface area contributed by atoms with Crippen LogP contribution in [0.25, 0.3) is 11.7 Å². The van der Waals surface area contributed by atoms with Crippen molar-refractivity contribution in [2.45, 2.75) is 32.7 Å². The summed E-state index contributed by atoms with van der Waals surface area (Å²) in [7, 11) is 1.61. The van der Waals surface area contributed by atoms with Crippen LogP contribution in [0.3, 0.4) is 0 Å². The number of pyridine rings is 1. The minimum atomic E-state index is -0.298. The number of fused-ring (bicyclic) bond motifs is 1. The standard InChI is InChI=1S/C21H26N4O4S2/c1-4-14(12-26)22-17-15(19(27)24-8-5-7-13(2)18(24)23-17)11-16-20(28)25(21(30)31-16)9-6-10-29-3/h5,7-8,11,14,22,26H,4,6,9-10,12H2,1-3H3/b16-11-/t14-/m0/s1. The molecule has 1 atom stereocenters. The number of hydrogen-bond acceptors (Lipinski definition) is 8. The Balaban J connectivity index is 2.08. The number of nitrogens with zero attached hydrogens (tertiary/aromatic N) is 3. The largest absolute Gasteiger partial charge is 0.394 e. The molecule has 3 rings (SSSR count). The highest BCUT2D eigenvalue weighted by Crippen LogP contribution is 2.33. The Labute approximate surface area is 190 Å². The molecule has 0 saturated carbocycles. The quantitative estimate of drug-likeness (QED) is 0.333. The molecule has 0 spiro atoms. The molecule has 1 aliphatic heterocycles. The van der Waals surface area contributed by atoms with Gasteiger partial charge in [-0.25, -0.2) is 4.98 Å². The SMILES string of the molecule is CC[C@@H](CO)Nc1nc2c(C)cccn2c(=O)c1/C=C1\SC(=S)N(CCCOC)C1=O. The molecule has 1 saturated heterocycles. The van der Waals surface area contributed by atoms with E-state index < -0.39 is 0 Å². The topological polar surface area (TPSA) is 96.2 Å². The highest BCUT2D eigenvalue weighted by molar-refractivity contribution is 8.26. The zero-order valence-electron chi connectivity index (χ0n) is 17.8. The minimum absolute atomic E-state index is 0.105. The molecule has 1 amide bonds. The smallest absolute Gasteiger partial charge is 0.267 e. The van der Waals surface area contributed by atoms with Gasteiger partial charge in [-0.05, 0) is 37.5 Å². The third-order valence-corrected chi connectivity index (χ3v) is 6.40. The maximum Gasteiger partial charge on any atom is 0.267 e. The van der Waals surface area contributed by atoms with Gasteiger partial charge in [-0.15, -0.1) is 0 Å². The van der Waals surface area contributed by atoms with Gasteiger partial charge < -0.3 is 15.2 Å². The van der Waals surface area contributed by atoms with Crippen LogP contribution in [0.5, 0.6) is 0 Å². The summed E-state index contributed by atoms with van der Waals surface area (Å²) in [5, 5.41) is 12.8. The maximum absolute atomic E-state index is 13.3. The Morgan fingerprint density at radius 2 is 2.19 bits per heavy atom. The van der Waals surface area contributed by atoms with Gasteiger partial charge in [0.1, 0.15) is 15.8 Å². The first-order valence-electron chi connectivity index (χ1n) is 10.0. The summed E-state index contributed by atoms with van der Waals surface area (Å²) in [6.07, 6.45) is 4.51. The fourth-order valence-electron chi connectivity index (χ4n) is 3.21. The van der Waals surface area contributed by atoms with Crippen molar-refractivity contribution in [2.24, 2.45) is 0 Å². The Kier molecular flexibility index (Phi) is 7.82. The van der Waals surface area contributed by atoms with Gasteiger partial charge in [0.2, 0.25) is 0 Å². The monoisotopic (exact) mass is 462 g/mol. The third kappa shape index (κ3) is 4.98. The van der Waals surface area contributed by atoms with Crippen LogP contribution >= 0.6 is 24.0 Å². The second-order valence-corrected chi connectivity index (χ2v) is 8.85. The van der Waals surface area contributed by atoms with Gasteiger partial charge >= 0.3 is 0 Å². The van der Waals surface area contributed by atoms with E-state index in [1.807, 2.05) is 19.9 Å². The number of nitrogens with one attached hydrogen (secondary N) is 1. The first-order chi connectivity index (χ1) is 14.9. The highest BCUT2D eigenvalue weighted by Gasteiger charge is 2.32. The molecule has 0 bridgehead atoms. The molecule has 0 aromatic carbocycles. The van der Waals surface area contributed by atoms with E-state index in [-0.39, 0.29) is 29.7 Å². The fraction of sp³-hybridized carbons (Fsp3) is 0.429. The van der Waals surface area contributed by atoms with Gasteiger partial charge in [0, 0.05) is 26.5 Å². The number of aliphatic hydroxyl groups is 1. The van der Waals surface area contributed by atoms with Crippen molar-refractivity contribution in [3.05, 3.63) is 44.7 Å². The zero-order valence-corrected chi connectivity index (χ0v) is 19.4. The first-order valence-corrected chi connectivity index (χ1v) is 11.3. The Morgan fingerprint density at radius 3 is 2.87 bits per heavy atom. The summed E-state index contributed by atoms with van der Waals surface area (Å²) < 4.78 is 6.97. The molecule has 1 aliphatic rings. The first kappa shape index (κ1) is 23.4. The fourth-order valence-corrected chi connectivity index (χ4v) is 4.50. The lowest BCUT2D eigenvalue weighted by atomic mass is 10.2. The summed E-state index contributed by atoms with van der Waals surface area (Å²) in [5.74, 6) is 0.102. The summed E-state index contributed by atoms with van der Waals surface area (Å²) in [6, 6.07) is 3.38. The number of carbonyl (C=O) groups is 1. The lowest BCUT2D eigenvalue weighted by molar-refractivity contribution is -0.122. The van der Waals surface area contributed by atoms with Crippen molar-refractivity contribution in [1.29, 1.82) is 0 Å². The van der Waals surface area contributed by atoms with E-state index in [2.05, 4.69) is 10.3 Å². The Bertz CT molecular complexity index is 1080. The van der Waals surface area contributed by atoms with Crippen LogP contribution in [0, 0.1) is 6.92 Å². The van der Waals surface area contributed by atoms with E-state index in [0.29, 0.717) is 46.7 Å². The molecular weight excluding hydrogens is 436 g/mol. The molecule has 2 aromatic rings. The average molecular weight is 463 g/mol. The lowest BCUT2D eigenvalue weighted by Crippen LogP contribution is -2.30. The minimum Gasteiger partial charge on any atom is -0.394 e. The van der Waals surface area contributed by atoms with E-state index in [9.17, 15) is 14.7 Å². The van der Waals surface area contributed by atoms with Gasteiger partial charge in [-0.3, -0.25) is 18.9 Å². The van der Waals surface area contributed by atoms with Crippen LogP contribution in [0.15, 0.2) is 28.0 Å². The van der Waals surface area contributed by atoms with Gasteiger partial charge in [-0.1, -0.05) is 37.0 Å². The maximum atomic E-state index is 13.3. The summed E-state index contributed by atoms with van der Waals surface area (Å²) in [6.45, 7) is 4.68. The van der Waals surface area contributed by atoms with Crippen LogP contribution in [-0.2, 0) is 9.53 Å². The molecule has 0 radical (unpaired) electrons. The number of ether oxygens (including phenoxy) is 1. The molecule has 0 aliphatic carbocycles. The lowest BCUT2D eigenvalue weighted by Gasteiger charge is -2.17. The summed E-state index contributed by atoms with van der Waals surface area (Å²) in [4.78, 5) is 32.8. The number of anilines is 1. The van der Waals surface area contributed by atoms with E-state index >= 15 is 0 Å². The van der Waals surface area contributed by atoms with E-state index in [1.165, 1.54) is 21.1 Å². The second-order valence-electron chi connectivity index (χ2n) is 7.18. The van der Waals surface area contributed by atoms with Crippen molar-refractivity contribution in [3.8, 4) is 0 Å². The molecule has 1 fully saturated rings. The average Bonchev–Trinajstić information content (AvgIpc) is 3.02. The second kappa shape index (κ2) is 10.4. The number of aryl methyl sites for hydroxylation is 1. The van der Waals surface area contributed by atoms with Crippen LogP contribution in [0.4, 0.5) is 5.82 Å². The number of rotatable bonds is 9. The number of aromatic nitrogens is 2. The number of methoxy groups -OCH3 is 1. The predicted octanol–water partition coefficient (Wildman–Crippen LogP) is 2.42. The molecule has 2 N–H and O–H groups in total. The number of thiocarbonyl (C=S) groups is 1. The Morgan fingerprint density at radius 1 is 1.42 bits per heavy atom. The van der Waals surface area contributed by atoms with Gasteiger partial charge in [0.25, 0.3) is 11.5 Å². The number of amides is 1.